The molecule has 3 aromatic rings. The lowest BCUT2D eigenvalue weighted by molar-refractivity contribution is 0.0470. The molecular weight excluding hydrogens is 398 g/mol. The van der Waals surface area contributed by atoms with Crippen LogP contribution in [0.3, 0.4) is 0 Å². The van der Waals surface area contributed by atoms with Gasteiger partial charge in [-0.1, -0.05) is 6.07 Å². The highest BCUT2D eigenvalue weighted by atomic mass is 32.1. The Morgan fingerprint density at radius 3 is 2.53 bits per heavy atom. The fourth-order valence-corrected chi connectivity index (χ4v) is 3.61. The predicted octanol–water partition coefficient (Wildman–Crippen LogP) is 5.41. The average molecular weight is 426 g/mol. The topological polar surface area (TPSA) is 89.0 Å². The van der Waals surface area contributed by atoms with Gasteiger partial charge in [-0.25, -0.2) is 19.7 Å². The molecule has 0 unspecified atom stereocenters. The minimum Gasteiger partial charge on any atom is -0.444 e. The number of aromatic nitrogens is 3. The monoisotopic (exact) mass is 425 g/mol. The normalized spacial score (nSPS) is 11.8. The summed E-state index contributed by atoms with van der Waals surface area (Å²) in [6, 6.07) is 9.67. The lowest BCUT2D eigenvalue weighted by atomic mass is 10.1. The van der Waals surface area contributed by atoms with Gasteiger partial charge >= 0.3 is 6.09 Å². The molecule has 0 aliphatic rings. The maximum absolute atomic E-state index is 12.2. The van der Waals surface area contributed by atoms with Crippen LogP contribution >= 0.6 is 11.3 Å². The third-order valence-corrected chi connectivity index (χ3v) is 5.37. The summed E-state index contributed by atoms with van der Waals surface area (Å²) in [5.74, 6) is 1.44. The molecule has 0 saturated carbocycles. The summed E-state index contributed by atoms with van der Waals surface area (Å²) in [5, 5.41) is 6.88. The van der Waals surface area contributed by atoms with E-state index in [1.807, 2.05) is 71.9 Å². The zero-order valence-electron chi connectivity index (χ0n) is 18.1. The minimum absolute atomic E-state index is 0.473. The van der Waals surface area contributed by atoms with Crippen LogP contribution in [0.5, 0.6) is 0 Å². The quantitative estimate of drug-likeness (QED) is 0.568. The van der Waals surface area contributed by atoms with Crippen molar-refractivity contribution >= 4 is 29.1 Å². The fraction of sp³-hybridized carbons (Fsp3) is 0.364. The smallest absolute Gasteiger partial charge is 0.408 e. The molecular formula is C22H27N5O2S. The SMILES string of the molecule is Cc1ccnc(Nc2cccc(-c3cnc(C(C)(C)NC(=O)OC(C)(C)C)s3)n2)c1. The number of hydrogen-bond donors (Lipinski definition) is 2. The van der Waals surface area contributed by atoms with Gasteiger partial charge in [-0.05, 0) is 71.4 Å². The van der Waals surface area contributed by atoms with Crippen LogP contribution in [0.15, 0.2) is 42.7 Å². The summed E-state index contributed by atoms with van der Waals surface area (Å²) in [6.07, 6.45) is 3.06. The van der Waals surface area contributed by atoms with E-state index in [1.54, 1.807) is 12.4 Å². The third kappa shape index (κ3) is 5.76. The van der Waals surface area contributed by atoms with E-state index in [9.17, 15) is 4.79 Å². The molecule has 1 amide bonds. The molecule has 0 aliphatic heterocycles. The maximum Gasteiger partial charge on any atom is 0.408 e. The molecule has 0 bridgehead atoms. The van der Waals surface area contributed by atoms with Crippen LogP contribution in [-0.2, 0) is 10.3 Å². The van der Waals surface area contributed by atoms with Crippen LogP contribution in [0.2, 0.25) is 0 Å². The highest BCUT2D eigenvalue weighted by Crippen LogP contribution is 2.32. The van der Waals surface area contributed by atoms with E-state index in [1.165, 1.54) is 11.3 Å². The Hall–Kier alpha value is -3.00. The van der Waals surface area contributed by atoms with Gasteiger partial charge in [-0.15, -0.1) is 11.3 Å². The summed E-state index contributed by atoms with van der Waals surface area (Å²) < 4.78 is 5.37. The van der Waals surface area contributed by atoms with Gasteiger partial charge in [0.1, 0.15) is 22.2 Å². The number of hydrogen-bond acceptors (Lipinski definition) is 7. The number of alkyl carbamates (subject to hydrolysis) is 1. The van der Waals surface area contributed by atoms with E-state index in [4.69, 9.17) is 4.74 Å². The van der Waals surface area contributed by atoms with Crippen molar-refractivity contribution < 1.29 is 9.53 Å². The predicted molar refractivity (Wildman–Crippen MR) is 120 cm³/mol. The molecule has 3 aromatic heterocycles. The number of nitrogens with one attached hydrogen (secondary N) is 2. The van der Waals surface area contributed by atoms with Crippen LogP contribution < -0.4 is 10.6 Å². The van der Waals surface area contributed by atoms with Gasteiger partial charge in [-0.2, -0.15) is 0 Å². The van der Waals surface area contributed by atoms with Crippen LogP contribution in [0, 0.1) is 6.92 Å². The molecule has 3 rings (SSSR count). The lowest BCUT2D eigenvalue weighted by Crippen LogP contribution is -2.43. The number of aryl methyl sites for hydroxylation is 1. The van der Waals surface area contributed by atoms with Crippen molar-refractivity contribution in [1.29, 1.82) is 0 Å². The number of carbonyl (C=O) groups excluding carboxylic acids is 1. The summed E-state index contributed by atoms with van der Waals surface area (Å²) in [6.45, 7) is 11.3. The molecule has 0 atom stereocenters. The highest BCUT2D eigenvalue weighted by Gasteiger charge is 2.29. The van der Waals surface area contributed by atoms with Crippen molar-refractivity contribution in [2.45, 2.75) is 52.7 Å². The first kappa shape index (κ1) is 21.7. The Balaban J connectivity index is 1.76. The molecule has 0 fully saturated rings. The van der Waals surface area contributed by atoms with Crippen molar-refractivity contribution in [2.75, 3.05) is 5.32 Å². The van der Waals surface area contributed by atoms with Crippen LogP contribution in [0.25, 0.3) is 10.6 Å². The first-order valence-corrected chi connectivity index (χ1v) is 10.5. The second kappa shape index (κ2) is 8.39. The summed E-state index contributed by atoms with van der Waals surface area (Å²) in [4.78, 5) is 26.6. The number of rotatable bonds is 5. The van der Waals surface area contributed by atoms with E-state index in [0.717, 1.165) is 27.0 Å². The molecule has 7 nitrogen and oxygen atoms in total. The summed E-state index contributed by atoms with van der Waals surface area (Å²) >= 11 is 1.48. The molecule has 30 heavy (non-hydrogen) atoms. The van der Waals surface area contributed by atoms with E-state index in [2.05, 4.69) is 25.6 Å². The van der Waals surface area contributed by atoms with Gasteiger partial charge in [0.15, 0.2) is 0 Å². The van der Waals surface area contributed by atoms with Crippen molar-refractivity contribution in [1.82, 2.24) is 20.3 Å². The molecule has 0 radical (unpaired) electrons. The maximum atomic E-state index is 12.2. The van der Waals surface area contributed by atoms with E-state index >= 15 is 0 Å². The Labute approximate surface area is 181 Å². The van der Waals surface area contributed by atoms with Crippen LogP contribution in [0.1, 0.15) is 45.2 Å². The number of pyridine rings is 2. The third-order valence-electron chi connectivity index (χ3n) is 4.03. The minimum atomic E-state index is -0.674. The number of anilines is 2. The second-order valence-corrected chi connectivity index (χ2v) is 9.56. The van der Waals surface area contributed by atoms with Crippen molar-refractivity contribution in [3.05, 3.63) is 53.3 Å². The van der Waals surface area contributed by atoms with Crippen molar-refractivity contribution in [2.24, 2.45) is 0 Å². The number of carbonyl (C=O) groups is 1. The Morgan fingerprint density at radius 1 is 1.07 bits per heavy atom. The first-order valence-electron chi connectivity index (χ1n) is 9.66. The van der Waals surface area contributed by atoms with E-state index in [-0.39, 0.29) is 0 Å². The van der Waals surface area contributed by atoms with E-state index in [0.29, 0.717) is 5.82 Å². The largest absolute Gasteiger partial charge is 0.444 e. The van der Waals surface area contributed by atoms with Gasteiger partial charge < -0.3 is 15.4 Å². The van der Waals surface area contributed by atoms with Crippen molar-refractivity contribution in [3.8, 4) is 10.6 Å². The molecule has 8 heteroatoms. The van der Waals surface area contributed by atoms with Crippen LogP contribution in [-0.4, -0.2) is 26.6 Å². The molecule has 0 saturated heterocycles. The lowest BCUT2D eigenvalue weighted by Gasteiger charge is -2.27. The zero-order chi connectivity index (χ0) is 21.9. The van der Waals surface area contributed by atoms with Gasteiger partial charge in [0.05, 0.1) is 16.1 Å². The fourth-order valence-electron chi connectivity index (χ4n) is 2.67. The molecule has 3 heterocycles. The molecule has 2 N–H and O–H groups in total. The summed E-state index contributed by atoms with van der Waals surface area (Å²) in [7, 11) is 0. The number of ether oxygens (including phenoxy) is 1. The van der Waals surface area contributed by atoms with E-state index < -0.39 is 17.2 Å². The Morgan fingerprint density at radius 2 is 1.83 bits per heavy atom. The average Bonchev–Trinajstić information content (AvgIpc) is 3.11. The number of amides is 1. The first-order chi connectivity index (χ1) is 14.0. The molecule has 0 aliphatic carbocycles. The Kier molecular flexibility index (Phi) is 6.07. The molecule has 0 spiro atoms. The Bertz CT molecular complexity index is 1040. The highest BCUT2D eigenvalue weighted by molar-refractivity contribution is 7.15. The van der Waals surface area contributed by atoms with Gasteiger partial charge in [-0.3, -0.25) is 0 Å². The molecule has 158 valence electrons. The van der Waals surface area contributed by atoms with Crippen LogP contribution in [0.4, 0.5) is 16.4 Å². The number of nitrogens with zero attached hydrogens (tertiary/aromatic N) is 3. The van der Waals surface area contributed by atoms with Gasteiger partial charge in [0, 0.05) is 12.4 Å². The number of thiazole rings is 1. The summed E-state index contributed by atoms with van der Waals surface area (Å²) in [5.41, 5.74) is 0.685. The molecule has 0 aromatic carbocycles. The van der Waals surface area contributed by atoms with Gasteiger partial charge in [0.2, 0.25) is 0 Å². The van der Waals surface area contributed by atoms with Gasteiger partial charge in [0.25, 0.3) is 0 Å². The standard InChI is InChI=1S/C22H27N5O2S/c1-14-10-11-23-18(12-14)26-17-9-7-8-15(25-17)16-13-24-19(30-16)22(5,6)27-20(28)29-21(2,3)4/h7-13H,1-6H3,(H,27,28)(H,23,25,26). The second-order valence-electron chi connectivity index (χ2n) is 8.53. The zero-order valence-corrected chi connectivity index (χ0v) is 18.9. The van der Waals surface area contributed by atoms with Crippen molar-refractivity contribution in [3.63, 3.8) is 0 Å².